The summed E-state index contributed by atoms with van der Waals surface area (Å²) in [6.45, 7) is 10.2. The van der Waals surface area contributed by atoms with Gasteiger partial charge >= 0.3 is 5.69 Å². The topological polar surface area (TPSA) is 112 Å². The zero-order valence-corrected chi connectivity index (χ0v) is 25.0. The first kappa shape index (κ1) is 30.1. The van der Waals surface area contributed by atoms with Gasteiger partial charge in [0.15, 0.2) is 6.23 Å². The van der Waals surface area contributed by atoms with Crippen molar-refractivity contribution >= 4 is 18.7 Å². The first-order chi connectivity index (χ1) is 19.0. The molecule has 0 bridgehead atoms. The van der Waals surface area contributed by atoms with Crippen LogP contribution in [-0.2, 0) is 18.6 Å². The molecule has 0 radical (unpaired) electrons. The summed E-state index contributed by atoms with van der Waals surface area (Å²) in [4.78, 5) is 27.1. The molecule has 1 fully saturated rings. The molecule has 40 heavy (non-hydrogen) atoms. The molecular weight excluding hydrogens is 528 g/mol. The number of methoxy groups -OCH3 is 1. The van der Waals surface area contributed by atoms with Crippen LogP contribution in [0.25, 0.3) is 0 Å². The van der Waals surface area contributed by atoms with Crippen molar-refractivity contribution in [2.45, 2.75) is 70.3 Å². The van der Waals surface area contributed by atoms with Gasteiger partial charge < -0.3 is 23.7 Å². The molecule has 10 heteroatoms. The Morgan fingerprint density at radius 2 is 1.62 bits per heavy atom. The Hall–Kier alpha value is -2.86. The summed E-state index contributed by atoms with van der Waals surface area (Å²) in [5.74, 6) is 0. The second-order valence-electron chi connectivity index (χ2n) is 11.4. The van der Waals surface area contributed by atoms with Crippen molar-refractivity contribution in [1.29, 1.82) is 0 Å². The number of benzene rings is 2. The number of aryl methyl sites for hydroxylation is 1. The predicted octanol–water partition coefficient (Wildman–Crippen LogP) is 2.10. The predicted molar refractivity (Wildman–Crippen MR) is 156 cm³/mol. The molecular formula is C30H40N2O7Si. The minimum absolute atomic E-state index is 0.0712. The van der Waals surface area contributed by atoms with E-state index in [0.29, 0.717) is 5.56 Å². The third-order valence-corrected chi connectivity index (χ3v) is 12.5. The fourth-order valence-electron chi connectivity index (χ4n) is 5.32. The van der Waals surface area contributed by atoms with Crippen LogP contribution in [0.3, 0.4) is 0 Å². The fourth-order valence-corrected chi connectivity index (χ4v) is 9.89. The quantitative estimate of drug-likeness (QED) is 0.360. The van der Waals surface area contributed by atoms with E-state index in [-0.39, 0.29) is 24.4 Å². The van der Waals surface area contributed by atoms with Crippen molar-refractivity contribution in [1.82, 2.24) is 9.55 Å². The van der Waals surface area contributed by atoms with E-state index in [9.17, 15) is 14.7 Å². The largest absolute Gasteiger partial charge is 0.405 e. The van der Waals surface area contributed by atoms with E-state index in [1.54, 1.807) is 14.0 Å². The van der Waals surface area contributed by atoms with Gasteiger partial charge in [0.05, 0.1) is 19.3 Å². The molecule has 1 aromatic heterocycles. The molecule has 216 valence electrons. The Morgan fingerprint density at radius 1 is 1.05 bits per heavy atom. The fraction of sp³-hybridized carbons (Fsp3) is 0.467. The van der Waals surface area contributed by atoms with E-state index in [0.717, 1.165) is 10.4 Å². The van der Waals surface area contributed by atoms with Crippen LogP contribution in [-0.4, -0.2) is 67.7 Å². The van der Waals surface area contributed by atoms with Crippen LogP contribution < -0.4 is 21.6 Å². The van der Waals surface area contributed by atoms with Crippen molar-refractivity contribution in [3.8, 4) is 0 Å². The van der Waals surface area contributed by atoms with E-state index >= 15 is 0 Å². The van der Waals surface area contributed by atoms with Crippen LogP contribution in [0, 0.1) is 6.92 Å². The molecule has 0 aliphatic carbocycles. The summed E-state index contributed by atoms with van der Waals surface area (Å²) in [6.07, 6.45) is -2.59. The Labute approximate surface area is 235 Å². The highest BCUT2D eigenvalue weighted by Gasteiger charge is 2.52. The van der Waals surface area contributed by atoms with Crippen LogP contribution in [0.4, 0.5) is 0 Å². The van der Waals surface area contributed by atoms with Crippen molar-refractivity contribution < 1.29 is 23.7 Å². The maximum absolute atomic E-state index is 12.8. The van der Waals surface area contributed by atoms with Gasteiger partial charge in [0.2, 0.25) is 0 Å². The van der Waals surface area contributed by atoms with Crippen LogP contribution in [0.1, 0.15) is 39.5 Å². The second-order valence-corrected chi connectivity index (χ2v) is 15.7. The van der Waals surface area contributed by atoms with Gasteiger partial charge in [-0.25, -0.2) is 4.79 Å². The van der Waals surface area contributed by atoms with Crippen LogP contribution in [0.2, 0.25) is 5.04 Å². The third-order valence-electron chi connectivity index (χ3n) is 7.54. The molecule has 2 unspecified atom stereocenters. The monoisotopic (exact) mass is 568 g/mol. The number of nitrogens with one attached hydrogen (secondary N) is 1. The van der Waals surface area contributed by atoms with E-state index < -0.39 is 44.1 Å². The lowest BCUT2D eigenvalue weighted by Gasteiger charge is -2.43. The summed E-state index contributed by atoms with van der Waals surface area (Å²) in [6, 6.07) is 20.4. The number of aliphatic hydroxyl groups is 1. The Kier molecular flexibility index (Phi) is 9.28. The number of rotatable bonds is 10. The van der Waals surface area contributed by atoms with Crippen molar-refractivity contribution in [3.05, 3.63) is 93.3 Å². The zero-order chi connectivity index (χ0) is 29.1. The van der Waals surface area contributed by atoms with Crippen molar-refractivity contribution in [2.75, 3.05) is 20.3 Å². The van der Waals surface area contributed by atoms with Crippen molar-refractivity contribution in [2.24, 2.45) is 0 Å². The molecule has 0 amide bonds. The number of aromatic nitrogens is 2. The highest BCUT2D eigenvalue weighted by Crippen LogP contribution is 2.38. The molecule has 1 aliphatic heterocycles. The van der Waals surface area contributed by atoms with E-state index in [4.69, 9.17) is 18.6 Å². The van der Waals surface area contributed by atoms with Crippen LogP contribution in [0.5, 0.6) is 0 Å². The maximum atomic E-state index is 12.8. The second kappa shape index (κ2) is 12.3. The number of hydrogen-bond donors (Lipinski definition) is 2. The summed E-state index contributed by atoms with van der Waals surface area (Å²) in [5.41, 5.74) is -0.778. The molecule has 5 atom stereocenters. The minimum Gasteiger partial charge on any atom is -0.405 e. The number of H-pyrrole nitrogens is 1. The number of aromatic amines is 1. The summed E-state index contributed by atoms with van der Waals surface area (Å²) < 4.78 is 26.0. The van der Waals surface area contributed by atoms with E-state index in [1.807, 2.05) is 43.3 Å². The Balaban J connectivity index is 1.71. The van der Waals surface area contributed by atoms with Gasteiger partial charge in [0.1, 0.15) is 18.3 Å². The lowest BCUT2D eigenvalue weighted by atomic mass is 10.1. The van der Waals surface area contributed by atoms with Crippen LogP contribution in [0.15, 0.2) is 76.4 Å². The average Bonchev–Trinajstić information content (AvgIpc) is 3.24. The summed E-state index contributed by atoms with van der Waals surface area (Å²) in [5, 5.41) is 13.4. The molecule has 0 spiro atoms. The van der Waals surface area contributed by atoms with Gasteiger partial charge in [-0.2, -0.15) is 0 Å². The number of aliphatic hydroxyl groups excluding tert-OH is 1. The zero-order valence-electron chi connectivity index (χ0n) is 24.0. The molecule has 2 aromatic carbocycles. The number of hydrogen-bond acceptors (Lipinski definition) is 7. The molecule has 1 aliphatic rings. The normalized spacial score (nSPS) is 22.4. The standard InChI is InChI=1S/C30H40N2O7Si/c1-20-17-32(29(35)31-27(20)34)28-26(37-18-21(2)36-6)25(33)24(39-28)19-38-40(30(3,4)5,22-13-9-7-10-14-22)23-15-11-8-12-16-23/h7-17,21,24-26,28,33H,18-19H2,1-6H3,(H,31,34,35)/t21?,24-,25?,26+,28-/m1/s1. The molecule has 1 saturated heterocycles. The highest BCUT2D eigenvalue weighted by atomic mass is 28.4. The Bertz CT molecular complexity index is 1330. The highest BCUT2D eigenvalue weighted by molar-refractivity contribution is 6.99. The minimum atomic E-state index is -2.91. The van der Waals surface area contributed by atoms with Crippen molar-refractivity contribution in [3.63, 3.8) is 0 Å². The van der Waals surface area contributed by atoms with Gasteiger partial charge in [-0.05, 0) is 29.3 Å². The first-order valence-electron chi connectivity index (χ1n) is 13.5. The van der Waals surface area contributed by atoms with Gasteiger partial charge in [-0.3, -0.25) is 14.3 Å². The van der Waals surface area contributed by atoms with Gasteiger partial charge in [-0.15, -0.1) is 0 Å². The average molecular weight is 569 g/mol. The SMILES string of the molecule is COC(C)CO[C@H]1C(O)[C@@H](CO[Si](c2ccccc2)(c2ccccc2)C(C)(C)C)O[C@H]1n1cc(C)c(=O)[nH]c1=O. The number of nitrogens with zero attached hydrogens (tertiary/aromatic N) is 1. The number of ether oxygens (including phenoxy) is 3. The molecule has 3 aromatic rings. The molecule has 9 nitrogen and oxygen atoms in total. The van der Waals surface area contributed by atoms with E-state index in [2.05, 4.69) is 50.0 Å². The Morgan fingerprint density at radius 3 is 2.15 bits per heavy atom. The molecule has 2 N–H and O–H groups in total. The summed E-state index contributed by atoms with van der Waals surface area (Å²) >= 11 is 0. The van der Waals surface area contributed by atoms with Gasteiger partial charge in [0.25, 0.3) is 13.9 Å². The maximum Gasteiger partial charge on any atom is 0.330 e. The lowest BCUT2D eigenvalue weighted by Crippen LogP contribution is -2.67. The first-order valence-corrected chi connectivity index (χ1v) is 15.5. The van der Waals surface area contributed by atoms with Gasteiger partial charge in [-0.1, -0.05) is 81.4 Å². The summed E-state index contributed by atoms with van der Waals surface area (Å²) in [7, 11) is -1.33. The van der Waals surface area contributed by atoms with Crippen LogP contribution >= 0.6 is 0 Å². The molecule has 2 heterocycles. The molecule has 4 rings (SSSR count). The van der Waals surface area contributed by atoms with E-state index in [1.165, 1.54) is 10.8 Å². The lowest BCUT2D eigenvalue weighted by molar-refractivity contribution is -0.0941. The molecule has 0 saturated carbocycles. The third kappa shape index (κ3) is 5.92. The van der Waals surface area contributed by atoms with Gasteiger partial charge in [0, 0.05) is 18.9 Å². The smallest absolute Gasteiger partial charge is 0.330 e.